The van der Waals surface area contributed by atoms with Gasteiger partial charge in [0.05, 0.1) is 18.7 Å². The monoisotopic (exact) mass is 451 g/mol. The van der Waals surface area contributed by atoms with Crippen molar-refractivity contribution >= 4 is 17.9 Å². The molecule has 2 aliphatic heterocycles. The number of fused-ring (bicyclic) bond motifs is 1. The van der Waals surface area contributed by atoms with Gasteiger partial charge in [-0.15, -0.1) is 0 Å². The summed E-state index contributed by atoms with van der Waals surface area (Å²) in [4.78, 5) is 27.7. The summed E-state index contributed by atoms with van der Waals surface area (Å²) in [7, 11) is 1.43. The Morgan fingerprint density at radius 1 is 1.16 bits per heavy atom. The molecule has 4 N–H and O–H groups in total. The quantitative estimate of drug-likeness (QED) is 0.344. The van der Waals surface area contributed by atoms with Crippen LogP contribution < -0.4 is 5.73 Å². The Kier molecular flexibility index (Phi) is 11.4. The summed E-state index contributed by atoms with van der Waals surface area (Å²) in [5.74, 6) is -2.47. The summed E-state index contributed by atoms with van der Waals surface area (Å²) in [5.41, 5.74) is 7.81. The number of ether oxygens (including phenoxy) is 1. The highest BCUT2D eigenvalue weighted by atomic mass is 19.4. The van der Waals surface area contributed by atoms with Crippen molar-refractivity contribution in [2.24, 2.45) is 10.7 Å². The first-order valence-electron chi connectivity index (χ1n) is 10.5. The van der Waals surface area contributed by atoms with Crippen molar-refractivity contribution in [2.45, 2.75) is 76.4 Å². The molecule has 178 valence electrons. The van der Waals surface area contributed by atoms with E-state index in [0.29, 0.717) is 18.1 Å². The molecule has 31 heavy (non-hydrogen) atoms. The molecule has 0 amide bonds. The summed E-state index contributed by atoms with van der Waals surface area (Å²) in [5, 5.41) is 15.9. The number of hydrogen-bond acceptors (Lipinski definition) is 7. The van der Waals surface area contributed by atoms with E-state index in [0.717, 1.165) is 57.2 Å². The highest BCUT2D eigenvalue weighted by Gasteiger charge is 2.38. The molecule has 0 aliphatic carbocycles. The van der Waals surface area contributed by atoms with Crippen LogP contribution in [0.15, 0.2) is 16.3 Å². The third-order valence-corrected chi connectivity index (χ3v) is 5.11. The summed E-state index contributed by atoms with van der Waals surface area (Å²) in [6, 6.07) is -0.156. The molecule has 0 aromatic carbocycles. The normalized spacial score (nSPS) is 18.2. The Bertz CT molecular complexity index is 665. The molecule has 2 aliphatic rings. The summed E-state index contributed by atoms with van der Waals surface area (Å²) in [6.07, 6.45) is 5.41. The van der Waals surface area contributed by atoms with Crippen molar-refractivity contribution in [3.63, 3.8) is 0 Å². The Morgan fingerprint density at radius 3 is 2.23 bits per heavy atom. The zero-order chi connectivity index (χ0) is 23.4. The number of methoxy groups -OCH3 is 1. The predicted molar refractivity (Wildman–Crippen MR) is 108 cm³/mol. The van der Waals surface area contributed by atoms with Crippen LogP contribution in [-0.2, 0) is 14.3 Å². The minimum Gasteiger partial charge on any atom is -0.475 e. The second-order valence-electron chi connectivity index (χ2n) is 7.40. The van der Waals surface area contributed by atoms with E-state index in [-0.39, 0.29) is 12.0 Å². The van der Waals surface area contributed by atoms with Gasteiger partial charge in [0.2, 0.25) is 0 Å². The van der Waals surface area contributed by atoms with Gasteiger partial charge in [-0.1, -0.05) is 38.5 Å². The minimum absolute atomic E-state index is 0.156. The molecule has 0 aromatic rings. The number of aliphatic carboxylic acids is 1. The maximum atomic E-state index is 12.2. The van der Waals surface area contributed by atoms with Gasteiger partial charge >= 0.3 is 18.1 Å². The molecule has 11 heteroatoms. The lowest BCUT2D eigenvalue weighted by Gasteiger charge is -2.30. The van der Waals surface area contributed by atoms with Gasteiger partial charge in [-0.05, 0) is 25.7 Å². The average Bonchev–Trinajstić information content (AvgIpc) is 3.19. The number of esters is 1. The summed E-state index contributed by atoms with van der Waals surface area (Å²) < 4.78 is 36.7. The van der Waals surface area contributed by atoms with Crippen molar-refractivity contribution < 1.29 is 37.7 Å². The Balaban J connectivity index is 0.000000592. The van der Waals surface area contributed by atoms with Gasteiger partial charge in [0.1, 0.15) is 0 Å². The van der Waals surface area contributed by atoms with Crippen LogP contribution in [0.4, 0.5) is 13.2 Å². The lowest BCUT2D eigenvalue weighted by Crippen LogP contribution is -2.41. The maximum Gasteiger partial charge on any atom is 0.490 e. The highest BCUT2D eigenvalue weighted by molar-refractivity contribution is 5.95. The van der Waals surface area contributed by atoms with Crippen LogP contribution in [0, 0.1) is 0 Å². The van der Waals surface area contributed by atoms with Gasteiger partial charge < -0.3 is 25.6 Å². The van der Waals surface area contributed by atoms with Crippen LogP contribution in [0.5, 0.6) is 0 Å². The van der Waals surface area contributed by atoms with Gasteiger partial charge in [0, 0.05) is 18.8 Å². The van der Waals surface area contributed by atoms with Gasteiger partial charge in [0.15, 0.2) is 5.96 Å². The highest BCUT2D eigenvalue weighted by Crippen LogP contribution is 2.32. The first-order valence-corrected chi connectivity index (χ1v) is 10.5. The van der Waals surface area contributed by atoms with Crippen LogP contribution >= 0.6 is 0 Å². The first kappa shape index (κ1) is 26.7. The molecule has 2 heterocycles. The Labute approximate surface area is 179 Å². The molecule has 8 nitrogen and oxygen atoms in total. The largest absolute Gasteiger partial charge is 0.490 e. The standard InChI is InChI=1S/C18H31N3O3.C2HF3O2/c1-24-17(23)16-14(10-7-5-3-2-4-6-8-13-22)20-18(19)21-12-9-11-15(16)21;3-2(4,5)1(6)7/h14,22H,2-13H2,1H3,(H2,19,20);(H,6,7)/t14-;/m1./s1. The number of aliphatic imine (C=N–C) groups is 1. The summed E-state index contributed by atoms with van der Waals surface area (Å²) >= 11 is 0. The van der Waals surface area contributed by atoms with E-state index >= 15 is 0 Å². The van der Waals surface area contributed by atoms with Gasteiger partial charge in [0.25, 0.3) is 0 Å². The number of rotatable bonds is 10. The summed E-state index contributed by atoms with van der Waals surface area (Å²) in [6.45, 7) is 1.13. The molecule has 1 saturated heterocycles. The van der Waals surface area contributed by atoms with E-state index in [9.17, 15) is 18.0 Å². The van der Waals surface area contributed by atoms with Crippen molar-refractivity contribution in [3.8, 4) is 0 Å². The van der Waals surface area contributed by atoms with E-state index in [4.69, 9.17) is 25.5 Å². The third-order valence-electron chi connectivity index (χ3n) is 5.11. The number of nitrogens with zero attached hydrogens (tertiary/aromatic N) is 2. The van der Waals surface area contributed by atoms with Crippen LogP contribution in [0.25, 0.3) is 0 Å². The second kappa shape index (κ2) is 13.2. The van der Waals surface area contributed by atoms with E-state index in [1.165, 1.54) is 26.4 Å². The third kappa shape index (κ3) is 8.76. The van der Waals surface area contributed by atoms with Crippen molar-refractivity contribution in [1.29, 1.82) is 0 Å². The number of hydrogen-bond donors (Lipinski definition) is 3. The van der Waals surface area contributed by atoms with Crippen molar-refractivity contribution in [1.82, 2.24) is 4.90 Å². The molecular weight excluding hydrogens is 419 g/mol. The average molecular weight is 451 g/mol. The number of carbonyl (C=O) groups excluding carboxylic acids is 1. The number of carbonyl (C=O) groups is 2. The number of alkyl halides is 3. The number of aliphatic hydroxyl groups is 1. The van der Waals surface area contributed by atoms with Gasteiger partial charge in [-0.2, -0.15) is 13.2 Å². The molecule has 0 saturated carbocycles. The topological polar surface area (TPSA) is 125 Å². The molecule has 0 unspecified atom stereocenters. The van der Waals surface area contributed by atoms with Crippen LogP contribution in [0.1, 0.15) is 64.2 Å². The zero-order valence-corrected chi connectivity index (χ0v) is 17.8. The number of carboxylic acids is 1. The fourth-order valence-electron chi connectivity index (χ4n) is 3.60. The predicted octanol–water partition coefficient (Wildman–Crippen LogP) is 2.95. The molecule has 2 rings (SSSR count). The number of nitrogens with two attached hydrogens (primary N) is 1. The smallest absolute Gasteiger partial charge is 0.475 e. The van der Waals surface area contributed by atoms with E-state index in [1.807, 2.05) is 4.90 Å². The molecule has 0 bridgehead atoms. The fourth-order valence-corrected chi connectivity index (χ4v) is 3.60. The van der Waals surface area contributed by atoms with E-state index in [1.54, 1.807) is 0 Å². The lowest BCUT2D eigenvalue weighted by atomic mass is 9.96. The van der Waals surface area contributed by atoms with Crippen LogP contribution in [0.2, 0.25) is 0 Å². The van der Waals surface area contributed by atoms with E-state index in [2.05, 4.69) is 4.99 Å². The number of halogens is 3. The number of allylic oxidation sites excluding steroid dienone is 1. The Morgan fingerprint density at radius 2 is 1.71 bits per heavy atom. The maximum absolute atomic E-state index is 12.2. The van der Waals surface area contributed by atoms with Crippen LogP contribution in [-0.4, -0.2) is 65.5 Å². The first-order chi connectivity index (χ1) is 14.6. The van der Waals surface area contributed by atoms with Gasteiger partial charge in [-0.25, -0.2) is 14.6 Å². The Hall–Kier alpha value is -2.30. The number of aliphatic hydroxyl groups excluding tert-OH is 1. The zero-order valence-electron chi connectivity index (χ0n) is 17.8. The lowest BCUT2D eigenvalue weighted by molar-refractivity contribution is -0.192. The molecule has 1 atom stereocenters. The molecular formula is C20H32F3N3O5. The van der Waals surface area contributed by atoms with E-state index < -0.39 is 12.1 Å². The molecule has 0 spiro atoms. The molecule has 0 radical (unpaired) electrons. The minimum atomic E-state index is -5.08. The van der Waals surface area contributed by atoms with Gasteiger partial charge in [-0.3, -0.25) is 0 Å². The van der Waals surface area contributed by atoms with Crippen molar-refractivity contribution in [2.75, 3.05) is 20.3 Å². The molecule has 1 fully saturated rings. The van der Waals surface area contributed by atoms with Crippen molar-refractivity contribution in [3.05, 3.63) is 11.3 Å². The van der Waals surface area contributed by atoms with Crippen LogP contribution in [0.3, 0.4) is 0 Å². The second-order valence-corrected chi connectivity index (χ2v) is 7.40. The SMILES string of the molecule is COC(=O)C1=C2CCCN2C(N)=N[C@@H]1CCCCCCCCCO.O=C(O)C(F)(F)F. The number of carboxylic acid groups (broad SMARTS) is 1. The number of unbranched alkanes of at least 4 members (excludes halogenated alkanes) is 6. The number of guanidine groups is 1. The fraction of sp³-hybridized carbons (Fsp3) is 0.750. The molecule has 0 aromatic heterocycles.